The fraction of sp³-hybridized carbons (Fsp3) is 0.143. The van der Waals surface area contributed by atoms with Crippen molar-refractivity contribution in [3.63, 3.8) is 0 Å². The molecule has 19 heavy (non-hydrogen) atoms. The Bertz CT molecular complexity index is 759. The van der Waals surface area contributed by atoms with Crippen LogP contribution in [0.25, 0.3) is 10.2 Å². The van der Waals surface area contributed by atoms with Crippen molar-refractivity contribution < 1.29 is 0 Å². The largest absolute Gasteiger partial charge is 0.301 e. The molecule has 0 aliphatic rings. The normalized spacial score (nSPS) is 11.0. The first-order chi connectivity index (χ1) is 9.22. The summed E-state index contributed by atoms with van der Waals surface area (Å²) in [5.74, 6) is 0.806. The van der Waals surface area contributed by atoms with Crippen LogP contribution in [-0.2, 0) is 5.75 Å². The van der Waals surface area contributed by atoms with Crippen molar-refractivity contribution in [2.75, 3.05) is 0 Å². The Morgan fingerprint density at radius 3 is 2.84 bits per heavy atom. The molecule has 0 atom stereocenters. The molecule has 0 aliphatic heterocycles. The number of rotatable bonds is 3. The molecule has 0 bridgehead atoms. The molecule has 2 aromatic heterocycles. The van der Waals surface area contributed by atoms with E-state index in [0.717, 1.165) is 10.6 Å². The summed E-state index contributed by atoms with van der Waals surface area (Å²) in [5, 5.41) is 3.24. The van der Waals surface area contributed by atoms with E-state index >= 15 is 0 Å². The lowest BCUT2D eigenvalue weighted by atomic mass is 10.2. The van der Waals surface area contributed by atoms with Gasteiger partial charge in [0.25, 0.3) is 5.56 Å². The average molecular weight is 288 g/mol. The maximum Gasteiger partial charge on any atom is 0.260 e. The van der Waals surface area contributed by atoms with Gasteiger partial charge in [0, 0.05) is 5.75 Å². The van der Waals surface area contributed by atoms with Gasteiger partial charge in [-0.1, -0.05) is 41.6 Å². The van der Waals surface area contributed by atoms with Crippen LogP contribution in [0, 0.1) is 6.92 Å². The van der Waals surface area contributed by atoms with Crippen LogP contribution in [0.2, 0.25) is 0 Å². The van der Waals surface area contributed by atoms with E-state index in [1.165, 1.54) is 22.5 Å². The second kappa shape index (κ2) is 5.19. The topological polar surface area (TPSA) is 45.8 Å². The second-order valence-electron chi connectivity index (χ2n) is 4.28. The number of aromatic nitrogens is 2. The molecule has 0 aliphatic carbocycles. The summed E-state index contributed by atoms with van der Waals surface area (Å²) in [6.45, 7) is 2.07. The predicted octanol–water partition coefficient (Wildman–Crippen LogP) is 3.59. The number of nitrogens with zero attached hydrogens (tertiary/aromatic N) is 1. The van der Waals surface area contributed by atoms with E-state index in [1.54, 1.807) is 17.8 Å². The minimum absolute atomic E-state index is 0.0577. The molecule has 0 unspecified atom stereocenters. The lowest BCUT2D eigenvalue weighted by molar-refractivity contribution is 0.979. The van der Waals surface area contributed by atoms with Crippen molar-refractivity contribution in [3.05, 3.63) is 57.2 Å². The zero-order chi connectivity index (χ0) is 13.2. The second-order valence-corrected chi connectivity index (χ2v) is 6.14. The Morgan fingerprint density at radius 1 is 1.26 bits per heavy atom. The number of hydrogen-bond acceptors (Lipinski definition) is 4. The van der Waals surface area contributed by atoms with Crippen LogP contribution in [0.3, 0.4) is 0 Å². The van der Waals surface area contributed by atoms with E-state index in [9.17, 15) is 4.79 Å². The molecule has 0 fully saturated rings. The quantitative estimate of drug-likeness (QED) is 0.592. The van der Waals surface area contributed by atoms with Crippen molar-refractivity contribution in [1.82, 2.24) is 9.97 Å². The first-order valence-corrected chi connectivity index (χ1v) is 7.75. The number of thioether (sulfide) groups is 1. The van der Waals surface area contributed by atoms with Gasteiger partial charge < -0.3 is 4.98 Å². The zero-order valence-corrected chi connectivity index (χ0v) is 12.0. The van der Waals surface area contributed by atoms with E-state index in [4.69, 9.17) is 0 Å². The number of H-pyrrole nitrogens is 1. The van der Waals surface area contributed by atoms with Gasteiger partial charge in [-0.3, -0.25) is 4.79 Å². The molecule has 0 radical (unpaired) electrons. The Kier molecular flexibility index (Phi) is 3.40. The molecule has 2 heterocycles. The molecule has 0 amide bonds. The third kappa shape index (κ3) is 2.72. The van der Waals surface area contributed by atoms with Crippen molar-refractivity contribution in [3.8, 4) is 0 Å². The third-order valence-corrected chi connectivity index (χ3v) is 4.56. The highest BCUT2D eigenvalue weighted by Crippen LogP contribution is 2.22. The first kappa shape index (κ1) is 12.4. The molecule has 3 aromatic rings. The number of hydrogen-bond donors (Lipinski definition) is 1. The summed E-state index contributed by atoms with van der Waals surface area (Å²) in [5.41, 5.74) is 2.42. The smallest absolute Gasteiger partial charge is 0.260 e. The van der Waals surface area contributed by atoms with Crippen LogP contribution < -0.4 is 5.56 Å². The number of aromatic amines is 1. The summed E-state index contributed by atoms with van der Waals surface area (Å²) in [7, 11) is 0. The lowest BCUT2D eigenvalue weighted by Gasteiger charge is -2.02. The molecular weight excluding hydrogens is 276 g/mol. The summed E-state index contributed by atoms with van der Waals surface area (Å²) >= 11 is 3.05. The van der Waals surface area contributed by atoms with Gasteiger partial charge in [0.1, 0.15) is 4.83 Å². The highest BCUT2D eigenvalue weighted by Gasteiger charge is 2.05. The fourth-order valence-corrected chi connectivity index (χ4v) is 3.39. The molecule has 1 N–H and O–H groups in total. The van der Waals surface area contributed by atoms with Crippen LogP contribution in [-0.4, -0.2) is 9.97 Å². The van der Waals surface area contributed by atoms with Gasteiger partial charge >= 0.3 is 0 Å². The summed E-state index contributed by atoms with van der Waals surface area (Å²) in [6, 6.07) is 10.2. The van der Waals surface area contributed by atoms with Gasteiger partial charge in [-0.15, -0.1) is 11.3 Å². The minimum Gasteiger partial charge on any atom is -0.301 e. The lowest BCUT2D eigenvalue weighted by Crippen LogP contribution is -2.07. The number of aryl methyl sites for hydroxylation is 1. The Labute approximate surface area is 118 Å². The Hall–Kier alpha value is -1.59. The van der Waals surface area contributed by atoms with Gasteiger partial charge in [0.2, 0.25) is 0 Å². The SMILES string of the molecule is Cc1ccc(CSc2nc3sccc3c(=O)[nH]2)cc1. The molecule has 96 valence electrons. The van der Waals surface area contributed by atoms with Gasteiger partial charge in [-0.05, 0) is 23.9 Å². The summed E-state index contributed by atoms with van der Waals surface area (Å²) in [4.78, 5) is 19.9. The maximum atomic E-state index is 11.8. The van der Waals surface area contributed by atoms with Gasteiger partial charge in [0.15, 0.2) is 5.16 Å². The van der Waals surface area contributed by atoms with E-state index < -0.39 is 0 Å². The summed E-state index contributed by atoms with van der Waals surface area (Å²) in [6.07, 6.45) is 0. The van der Waals surface area contributed by atoms with Crippen LogP contribution in [0.5, 0.6) is 0 Å². The van der Waals surface area contributed by atoms with Crippen LogP contribution in [0.15, 0.2) is 45.7 Å². The van der Waals surface area contributed by atoms with Crippen molar-refractivity contribution >= 4 is 33.3 Å². The number of fused-ring (bicyclic) bond motifs is 1. The molecular formula is C14H12N2OS2. The molecule has 3 rings (SSSR count). The summed E-state index contributed by atoms with van der Waals surface area (Å²) < 4.78 is 0. The molecule has 1 aromatic carbocycles. The highest BCUT2D eigenvalue weighted by atomic mass is 32.2. The monoisotopic (exact) mass is 288 g/mol. The predicted molar refractivity (Wildman–Crippen MR) is 81.0 cm³/mol. The minimum atomic E-state index is -0.0577. The molecule has 0 saturated heterocycles. The van der Waals surface area contributed by atoms with Crippen LogP contribution in [0.1, 0.15) is 11.1 Å². The number of thiophene rings is 1. The Morgan fingerprint density at radius 2 is 2.05 bits per heavy atom. The van der Waals surface area contributed by atoms with Gasteiger partial charge in [-0.2, -0.15) is 0 Å². The van der Waals surface area contributed by atoms with E-state index in [1.807, 2.05) is 5.38 Å². The third-order valence-electron chi connectivity index (χ3n) is 2.81. The van der Waals surface area contributed by atoms with Crippen molar-refractivity contribution in [1.29, 1.82) is 0 Å². The number of nitrogens with one attached hydrogen (secondary N) is 1. The van der Waals surface area contributed by atoms with Crippen LogP contribution >= 0.6 is 23.1 Å². The molecule has 0 saturated carbocycles. The zero-order valence-electron chi connectivity index (χ0n) is 10.3. The average Bonchev–Trinajstić information content (AvgIpc) is 2.87. The molecule has 0 spiro atoms. The van der Waals surface area contributed by atoms with Crippen LogP contribution in [0.4, 0.5) is 0 Å². The van der Waals surface area contributed by atoms with E-state index in [-0.39, 0.29) is 5.56 Å². The van der Waals surface area contributed by atoms with Gasteiger partial charge in [-0.25, -0.2) is 4.98 Å². The first-order valence-electron chi connectivity index (χ1n) is 5.88. The Balaban J connectivity index is 1.81. The number of benzene rings is 1. The van der Waals surface area contributed by atoms with Gasteiger partial charge in [0.05, 0.1) is 5.39 Å². The fourth-order valence-electron chi connectivity index (χ4n) is 1.75. The van der Waals surface area contributed by atoms with Crippen molar-refractivity contribution in [2.24, 2.45) is 0 Å². The standard InChI is InChI=1S/C14H12N2OS2/c1-9-2-4-10(5-3-9)8-19-14-15-12(17)11-6-7-18-13(11)16-14/h2-7H,8H2,1H3,(H,15,16,17). The van der Waals surface area contributed by atoms with Crippen molar-refractivity contribution in [2.45, 2.75) is 17.8 Å². The highest BCUT2D eigenvalue weighted by molar-refractivity contribution is 7.98. The van der Waals surface area contributed by atoms with E-state index in [0.29, 0.717) is 10.5 Å². The maximum absolute atomic E-state index is 11.8. The molecule has 3 nitrogen and oxygen atoms in total. The molecule has 5 heteroatoms. The van der Waals surface area contributed by atoms with E-state index in [2.05, 4.69) is 41.2 Å².